The lowest BCUT2D eigenvalue weighted by molar-refractivity contribution is -0.127. The predicted octanol–water partition coefficient (Wildman–Crippen LogP) is 2.97. The van der Waals surface area contributed by atoms with E-state index in [1.807, 2.05) is 0 Å². The van der Waals surface area contributed by atoms with E-state index in [0.29, 0.717) is 5.56 Å². The van der Waals surface area contributed by atoms with Gasteiger partial charge in [-0.2, -0.15) is 13.1 Å². The zero-order valence-electron chi connectivity index (χ0n) is 15.7. The Labute approximate surface area is 172 Å². The van der Waals surface area contributed by atoms with E-state index in [-0.39, 0.29) is 42.7 Å². The normalized spacial score (nSPS) is 15.7. The van der Waals surface area contributed by atoms with Gasteiger partial charge >= 0.3 is 6.61 Å². The molecule has 1 aliphatic rings. The summed E-state index contributed by atoms with van der Waals surface area (Å²) in [7, 11) is -3.97. The molecule has 1 fully saturated rings. The van der Waals surface area contributed by atoms with Crippen molar-refractivity contribution in [2.24, 2.45) is 0 Å². The molecule has 1 saturated heterocycles. The number of nitrogens with zero attached hydrogens (tertiary/aromatic N) is 2. The molecule has 2 aromatic rings. The highest BCUT2D eigenvalue weighted by Crippen LogP contribution is 2.21. The van der Waals surface area contributed by atoms with Gasteiger partial charge in [0.05, 0.1) is 0 Å². The number of hydrogen-bond acceptors (Lipinski definition) is 4. The lowest BCUT2D eigenvalue weighted by Gasteiger charge is -2.33. The summed E-state index contributed by atoms with van der Waals surface area (Å²) in [6.07, 6.45) is 2.85. The highest BCUT2D eigenvalue weighted by molar-refractivity contribution is 7.89. The minimum absolute atomic E-state index is 0.0145. The second-order valence-corrected chi connectivity index (χ2v) is 8.35. The van der Waals surface area contributed by atoms with Crippen molar-refractivity contribution in [2.75, 3.05) is 26.2 Å². The maximum absolute atomic E-state index is 13.9. The molecule has 0 saturated carbocycles. The van der Waals surface area contributed by atoms with Crippen molar-refractivity contribution < 1.29 is 31.1 Å². The summed E-state index contributed by atoms with van der Waals surface area (Å²) in [5, 5.41) is 0. The second kappa shape index (κ2) is 9.31. The number of alkyl halides is 2. The number of halogens is 3. The fourth-order valence-electron chi connectivity index (χ4n) is 2.98. The lowest BCUT2D eigenvalue weighted by Crippen LogP contribution is -2.50. The van der Waals surface area contributed by atoms with E-state index < -0.39 is 22.5 Å². The third-order valence-electron chi connectivity index (χ3n) is 4.53. The molecular formula is C20H19F3N2O4S. The van der Waals surface area contributed by atoms with Gasteiger partial charge in [0.25, 0.3) is 0 Å². The molecule has 0 aliphatic carbocycles. The molecule has 0 aromatic heterocycles. The molecule has 6 nitrogen and oxygen atoms in total. The van der Waals surface area contributed by atoms with Crippen LogP contribution in [0, 0.1) is 5.82 Å². The molecule has 0 radical (unpaired) electrons. The molecule has 3 rings (SSSR count). The molecule has 0 N–H and O–H groups in total. The minimum atomic E-state index is -3.97. The Morgan fingerprint density at radius 1 is 1.00 bits per heavy atom. The Hall–Kier alpha value is -2.85. The van der Waals surface area contributed by atoms with E-state index in [4.69, 9.17) is 0 Å². The Bertz CT molecular complexity index is 1020. The SMILES string of the molecule is O=C(C=Cc1ccc(OC(F)F)cc1)N1CCN(S(=O)(=O)c2ccccc2F)CC1. The smallest absolute Gasteiger partial charge is 0.387 e. The molecule has 0 bridgehead atoms. The van der Waals surface area contributed by atoms with Crippen molar-refractivity contribution in [2.45, 2.75) is 11.5 Å². The molecule has 1 aliphatic heterocycles. The molecule has 2 aromatic carbocycles. The highest BCUT2D eigenvalue weighted by Gasteiger charge is 2.31. The molecule has 0 atom stereocenters. The molecule has 160 valence electrons. The topological polar surface area (TPSA) is 66.9 Å². The van der Waals surface area contributed by atoms with E-state index in [1.165, 1.54) is 59.5 Å². The third-order valence-corrected chi connectivity index (χ3v) is 6.46. The van der Waals surface area contributed by atoms with Crippen LogP contribution in [0.25, 0.3) is 6.08 Å². The zero-order valence-corrected chi connectivity index (χ0v) is 16.6. The van der Waals surface area contributed by atoms with Crippen LogP contribution in [0.5, 0.6) is 5.75 Å². The molecular weight excluding hydrogens is 421 g/mol. The average molecular weight is 440 g/mol. The van der Waals surface area contributed by atoms with Gasteiger partial charge in [-0.25, -0.2) is 12.8 Å². The number of carbonyl (C=O) groups excluding carboxylic acids is 1. The largest absolute Gasteiger partial charge is 0.435 e. The number of amides is 1. The maximum atomic E-state index is 13.9. The van der Waals surface area contributed by atoms with E-state index in [9.17, 15) is 26.4 Å². The van der Waals surface area contributed by atoms with Gasteiger partial charge in [0.1, 0.15) is 16.5 Å². The van der Waals surface area contributed by atoms with E-state index in [0.717, 1.165) is 10.4 Å². The van der Waals surface area contributed by atoms with Crippen LogP contribution < -0.4 is 4.74 Å². The molecule has 1 amide bonds. The number of sulfonamides is 1. The van der Waals surface area contributed by atoms with Gasteiger partial charge in [0.15, 0.2) is 0 Å². The lowest BCUT2D eigenvalue weighted by atomic mass is 10.2. The first kappa shape index (κ1) is 21.8. The van der Waals surface area contributed by atoms with Crippen LogP contribution in [-0.4, -0.2) is 56.3 Å². The highest BCUT2D eigenvalue weighted by atomic mass is 32.2. The van der Waals surface area contributed by atoms with E-state index >= 15 is 0 Å². The first-order valence-corrected chi connectivity index (χ1v) is 10.5. The Kier molecular flexibility index (Phi) is 6.78. The van der Waals surface area contributed by atoms with Crippen molar-refractivity contribution in [3.63, 3.8) is 0 Å². The van der Waals surface area contributed by atoms with Crippen LogP contribution in [0.2, 0.25) is 0 Å². The fourth-order valence-corrected chi connectivity index (χ4v) is 4.46. The molecule has 0 unspecified atom stereocenters. The summed E-state index contributed by atoms with van der Waals surface area (Å²) in [5.41, 5.74) is 0.616. The second-order valence-electron chi connectivity index (χ2n) is 6.44. The number of carbonyl (C=O) groups is 1. The quantitative estimate of drug-likeness (QED) is 0.648. The van der Waals surface area contributed by atoms with Crippen molar-refractivity contribution in [1.82, 2.24) is 9.21 Å². The number of rotatable bonds is 6. The van der Waals surface area contributed by atoms with E-state index in [1.54, 1.807) is 0 Å². The number of benzene rings is 2. The summed E-state index contributed by atoms with van der Waals surface area (Å²) in [4.78, 5) is 13.5. The Morgan fingerprint density at radius 2 is 1.63 bits per heavy atom. The van der Waals surface area contributed by atoms with Crippen molar-refractivity contribution in [3.8, 4) is 5.75 Å². The van der Waals surface area contributed by atoms with E-state index in [2.05, 4.69) is 4.74 Å². The first-order valence-electron chi connectivity index (χ1n) is 9.04. The van der Waals surface area contributed by atoms with Crippen LogP contribution in [0.15, 0.2) is 59.5 Å². The van der Waals surface area contributed by atoms with Gasteiger partial charge in [-0.05, 0) is 35.9 Å². The maximum Gasteiger partial charge on any atom is 0.387 e. The summed E-state index contributed by atoms with van der Waals surface area (Å²) < 4.78 is 68.8. The Morgan fingerprint density at radius 3 is 2.23 bits per heavy atom. The van der Waals surface area contributed by atoms with Gasteiger partial charge in [0, 0.05) is 32.3 Å². The van der Waals surface area contributed by atoms with Gasteiger partial charge in [-0.15, -0.1) is 0 Å². The molecule has 10 heteroatoms. The summed E-state index contributed by atoms with van der Waals surface area (Å²) in [5.74, 6) is -1.12. The van der Waals surface area contributed by atoms with Crippen molar-refractivity contribution in [1.29, 1.82) is 0 Å². The summed E-state index contributed by atoms with van der Waals surface area (Å²) in [6.45, 7) is -2.48. The van der Waals surface area contributed by atoms with Crippen LogP contribution >= 0.6 is 0 Å². The molecule has 30 heavy (non-hydrogen) atoms. The minimum Gasteiger partial charge on any atom is -0.435 e. The number of hydrogen-bond donors (Lipinski definition) is 0. The molecule has 1 heterocycles. The average Bonchev–Trinajstić information content (AvgIpc) is 2.73. The number of ether oxygens (including phenoxy) is 1. The molecule has 0 spiro atoms. The van der Waals surface area contributed by atoms with Crippen LogP contribution in [0.4, 0.5) is 13.2 Å². The standard InChI is InChI=1S/C20H19F3N2O4S/c21-17-3-1-2-4-18(17)30(27,28)25-13-11-24(12-14-25)19(26)10-7-15-5-8-16(9-6-15)29-20(22)23/h1-10,20H,11-14H2. The first-order chi connectivity index (χ1) is 14.3. The van der Waals surface area contributed by atoms with Crippen molar-refractivity contribution >= 4 is 22.0 Å². The monoisotopic (exact) mass is 440 g/mol. The van der Waals surface area contributed by atoms with Crippen LogP contribution in [-0.2, 0) is 14.8 Å². The van der Waals surface area contributed by atoms with Gasteiger partial charge in [-0.3, -0.25) is 4.79 Å². The Balaban J connectivity index is 1.57. The predicted molar refractivity (Wildman–Crippen MR) is 104 cm³/mol. The number of piperazine rings is 1. The van der Waals surface area contributed by atoms with Crippen LogP contribution in [0.1, 0.15) is 5.56 Å². The zero-order chi connectivity index (χ0) is 21.7. The van der Waals surface area contributed by atoms with Crippen LogP contribution in [0.3, 0.4) is 0 Å². The van der Waals surface area contributed by atoms with Gasteiger partial charge in [-0.1, -0.05) is 24.3 Å². The summed E-state index contributed by atoms with van der Waals surface area (Å²) in [6, 6.07) is 10.9. The van der Waals surface area contributed by atoms with Gasteiger partial charge in [0.2, 0.25) is 15.9 Å². The summed E-state index contributed by atoms with van der Waals surface area (Å²) >= 11 is 0. The third kappa shape index (κ3) is 5.19. The van der Waals surface area contributed by atoms with Gasteiger partial charge < -0.3 is 9.64 Å². The fraction of sp³-hybridized carbons (Fsp3) is 0.250. The van der Waals surface area contributed by atoms with Crippen molar-refractivity contribution in [3.05, 3.63) is 66.0 Å².